The molecule has 0 saturated carbocycles. The lowest BCUT2D eigenvalue weighted by Gasteiger charge is -2.08. The summed E-state index contributed by atoms with van der Waals surface area (Å²) in [7, 11) is 0. The number of rotatable bonds is 4. The fourth-order valence-corrected chi connectivity index (χ4v) is 0.888. The van der Waals surface area contributed by atoms with Gasteiger partial charge in [-0.1, -0.05) is 0 Å². The van der Waals surface area contributed by atoms with Crippen molar-refractivity contribution in [2.75, 3.05) is 6.61 Å². The molecule has 1 heterocycles. The Kier molecular flexibility index (Phi) is 3.40. The van der Waals surface area contributed by atoms with E-state index in [4.69, 9.17) is 5.11 Å². The third-order valence-electron chi connectivity index (χ3n) is 1.65. The van der Waals surface area contributed by atoms with Gasteiger partial charge in [-0.05, 0) is 13.0 Å². The highest BCUT2D eigenvalue weighted by Gasteiger charge is 2.18. The Balaban J connectivity index is 2.70. The molecule has 1 aromatic rings. The summed E-state index contributed by atoms with van der Waals surface area (Å²) < 4.78 is 4.66. The summed E-state index contributed by atoms with van der Waals surface area (Å²) >= 11 is 0. The molecule has 0 aliphatic carbocycles. The standard InChI is InChI=1S/C8H10N2O5/c1-5(4-11)9-8(12)6-2-3-7(15-6)10(13)14/h2-3,5,11H,4H2,1H3,(H,9,12)/t5-/m0/s1. The molecule has 7 heteroatoms. The van der Waals surface area contributed by atoms with Crippen LogP contribution in [0.15, 0.2) is 16.5 Å². The SMILES string of the molecule is C[C@@H](CO)NC(=O)c1ccc([N+](=O)[O-])o1. The van der Waals surface area contributed by atoms with E-state index in [0.29, 0.717) is 0 Å². The largest absolute Gasteiger partial charge is 0.433 e. The predicted octanol–water partition coefficient (Wildman–Crippen LogP) is 0.298. The lowest BCUT2D eigenvalue weighted by molar-refractivity contribution is -0.402. The lowest BCUT2D eigenvalue weighted by atomic mass is 10.3. The number of nitrogens with one attached hydrogen (secondary N) is 1. The van der Waals surface area contributed by atoms with Crippen molar-refractivity contribution in [3.8, 4) is 0 Å². The van der Waals surface area contributed by atoms with Crippen LogP contribution in [0.3, 0.4) is 0 Å². The average Bonchev–Trinajstić information content (AvgIpc) is 2.66. The van der Waals surface area contributed by atoms with E-state index in [1.807, 2.05) is 0 Å². The van der Waals surface area contributed by atoms with Crippen LogP contribution in [0, 0.1) is 10.1 Å². The second-order valence-corrected chi connectivity index (χ2v) is 2.95. The van der Waals surface area contributed by atoms with Gasteiger partial charge in [-0.3, -0.25) is 14.9 Å². The fraction of sp³-hybridized carbons (Fsp3) is 0.375. The predicted molar refractivity (Wildman–Crippen MR) is 49.4 cm³/mol. The van der Waals surface area contributed by atoms with Crippen LogP contribution in [0.5, 0.6) is 0 Å². The Morgan fingerprint density at radius 1 is 1.73 bits per heavy atom. The summed E-state index contributed by atoms with van der Waals surface area (Å²) in [6.45, 7) is 1.38. The second kappa shape index (κ2) is 4.56. The molecule has 0 saturated heterocycles. The normalized spacial score (nSPS) is 12.1. The Labute approximate surface area is 84.8 Å². The third kappa shape index (κ3) is 2.78. The van der Waals surface area contributed by atoms with Crippen LogP contribution in [-0.2, 0) is 0 Å². The van der Waals surface area contributed by atoms with Crippen LogP contribution < -0.4 is 5.32 Å². The zero-order valence-corrected chi connectivity index (χ0v) is 7.97. The van der Waals surface area contributed by atoms with Crippen molar-refractivity contribution in [2.24, 2.45) is 0 Å². The van der Waals surface area contributed by atoms with E-state index in [2.05, 4.69) is 9.73 Å². The smallest absolute Gasteiger partial charge is 0.395 e. The molecule has 0 spiro atoms. The number of aliphatic hydroxyl groups is 1. The minimum Gasteiger partial charge on any atom is -0.395 e. The summed E-state index contributed by atoms with van der Waals surface area (Å²) in [5, 5.41) is 21.3. The van der Waals surface area contributed by atoms with E-state index in [-0.39, 0.29) is 12.4 Å². The number of nitrogens with zero attached hydrogens (tertiary/aromatic N) is 1. The highest BCUT2D eigenvalue weighted by molar-refractivity contribution is 5.91. The van der Waals surface area contributed by atoms with Gasteiger partial charge in [0.1, 0.15) is 4.92 Å². The molecule has 82 valence electrons. The van der Waals surface area contributed by atoms with E-state index < -0.39 is 22.8 Å². The van der Waals surface area contributed by atoms with Crippen molar-refractivity contribution in [3.05, 3.63) is 28.0 Å². The van der Waals surface area contributed by atoms with Crippen LogP contribution in [0.1, 0.15) is 17.5 Å². The van der Waals surface area contributed by atoms with Gasteiger partial charge in [-0.25, -0.2) is 0 Å². The van der Waals surface area contributed by atoms with Crippen LogP contribution >= 0.6 is 0 Å². The summed E-state index contributed by atoms with van der Waals surface area (Å²) in [5.41, 5.74) is 0. The molecule has 0 aromatic carbocycles. The molecular weight excluding hydrogens is 204 g/mol. The van der Waals surface area contributed by atoms with Crippen molar-refractivity contribution in [1.29, 1.82) is 0 Å². The van der Waals surface area contributed by atoms with E-state index in [0.717, 1.165) is 6.07 Å². The molecule has 0 radical (unpaired) electrons. The molecule has 1 aromatic heterocycles. The first-order chi connectivity index (χ1) is 7.04. The maximum atomic E-state index is 11.3. The summed E-state index contributed by atoms with van der Waals surface area (Å²) in [4.78, 5) is 20.8. The van der Waals surface area contributed by atoms with E-state index in [9.17, 15) is 14.9 Å². The molecule has 0 unspecified atom stereocenters. The molecule has 0 aliphatic heterocycles. The molecule has 0 aliphatic rings. The van der Waals surface area contributed by atoms with Crippen molar-refractivity contribution in [1.82, 2.24) is 5.32 Å². The number of aliphatic hydroxyl groups excluding tert-OH is 1. The van der Waals surface area contributed by atoms with Gasteiger partial charge in [0.2, 0.25) is 0 Å². The Bertz CT molecular complexity index is 373. The number of amides is 1. The first kappa shape index (κ1) is 11.2. The molecule has 0 bridgehead atoms. The second-order valence-electron chi connectivity index (χ2n) is 2.95. The van der Waals surface area contributed by atoms with Crippen molar-refractivity contribution in [2.45, 2.75) is 13.0 Å². The summed E-state index contributed by atoms with van der Waals surface area (Å²) in [5.74, 6) is -1.23. The van der Waals surface area contributed by atoms with Gasteiger partial charge in [-0.2, -0.15) is 0 Å². The number of furan rings is 1. The monoisotopic (exact) mass is 214 g/mol. The van der Waals surface area contributed by atoms with E-state index in [1.165, 1.54) is 6.07 Å². The van der Waals surface area contributed by atoms with Crippen LogP contribution in [0.2, 0.25) is 0 Å². The minimum absolute atomic E-state index is 0.151. The molecule has 2 N–H and O–H groups in total. The highest BCUT2D eigenvalue weighted by atomic mass is 16.6. The topological polar surface area (TPSA) is 106 Å². The Hall–Kier alpha value is -1.89. The molecule has 15 heavy (non-hydrogen) atoms. The minimum atomic E-state index is -0.730. The van der Waals surface area contributed by atoms with Crippen LogP contribution in [0.4, 0.5) is 5.88 Å². The zero-order chi connectivity index (χ0) is 11.4. The molecule has 1 rings (SSSR count). The van der Waals surface area contributed by atoms with Gasteiger partial charge in [0.05, 0.1) is 12.7 Å². The fourth-order valence-electron chi connectivity index (χ4n) is 0.888. The Morgan fingerprint density at radius 2 is 2.40 bits per heavy atom. The van der Waals surface area contributed by atoms with Crippen molar-refractivity contribution < 1.29 is 19.2 Å². The van der Waals surface area contributed by atoms with Crippen LogP contribution in [0.25, 0.3) is 0 Å². The molecule has 1 atom stereocenters. The van der Waals surface area contributed by atoms with Crippen molar-refractivity contribution >= 4 is 11.8 Å². The molecule has 1 amide bonds. The van der Waals surface area contributed by atoms with Gasteiger partial charge in [-0.15, -0.1) is 0 Å². The summed E-state index contributed by atoms with van der Waals surface area (Å²) in [6, 6.07) is 1.87. The van der Waals surface area contributed by atoms with E-state index in [1.54, 1.807) is 6.92 Å². The van der Waals surface area contributed by atoms with Gasteiger partial charge < -0.3 is 14.8 Å². The van der Waals surface area contributed by atoms with Gasteiger partial charge >= 0.3 is 5.88 Å². The molecule has 0 fully saturated rings. The zero-order valence-electron chi connectivity index (χ0n) is 7.97. The van der Waals surface area contributed by atoms with E-state index >= 15 is 0 Å². The number of carbonyl (C=O) groups is 1. The number of hydrogen-bond acceptors (Lipinski definition) is 5. The molecule has 7 nitrogen and oxygen atoms in total. The summed E-state index contributed by atoms with van der Waals surface area (Å²) in [6.07, 6.45) is 0. The maximum Gasteiger partial charge on any atom is 0.433 e. The first-order valence-electron chi connectivity index (χ1n) is 4.20. The highest BCUT2D eigenvalue weighted by Crippen LogP contribution is 2.15. The average molecular weight is 214 g/mol. The van der Waals surface area contributed by atoms with Crippen LogP contribution in [-0.4, -0.2) is 28.6 Å². The maximum absolute atomic E-state index is 11.3. The number of hydrogen-bond donors (Lipinski definition) is 2. The Morgan fingerprint density at radius 3 is 2.87 bits per heavy atom. The third-order valence-corrected chi connectivity index (χ3v) is 1.65. The lowest BCUT2D eigenvalue weighted by Crippen LogP contribution is -2.34. The molecular formula is C8H10N2O5. The van der Waals surface area contributed by atoms with Gasteiger partial charge in [0.15, 0.2) is 5.76 Å². The first-order valence-corrected chi connectivity index (χ1v) is 4.20. The number of nitro groups is 1. The van der Waals surface area contributed by atoms with Gasteiger partial charge in [0.25, 0.3) is 5.91 Å². The van der Waals surface area contributed by atoms with Crippen molar-refractivity contribution in [3.63, 3.8) is 0 Å². The quantitative estimate of drug-likeness (QED) is 0.553. The number of carbonyl (C=O) groups excluding carboxylic acids is 1. The van der Waals surface area contributed by atoms with Gasteiger partial charge in [0, 0.05) is 6.04 Å².